The van der Waals surface area contributed by atoms with Crippen LogP contribution in [0.2, 0.25) is 0 Å². The fourth-order valence-electron chi connectivity index (χ4n) is 3.46. The predicted octanol–water partition coefficient (Wildman–Crippen LogP) is 4.73. The van der Waals surface area contributed by atoms with Crippen LogP contribution in [0.1, 0.15) is 43.9 Å². The van der Waals surface area contributed by atoms with E-state index < -0.39 is 0 Å². The van der Waals surface area contributed by atoms with E-state index >= 15 is 0 Å². The van der Waals surface area contributed by atoms with E-state index in [1.807, 2.05) is 24.0 Å². The highest BCUT2D eigenvalue weighted by Crippen LogP contribution is 2.30. The summed E-state index contributed by atoms with van der Waals surface area (Å²) in [7, 11) is 0. The Balaban J connectivity index is 0.00000225. The molecule has 4 rings (SSSR count). The van der Waals surface area contributed by atoms with Crippen molar-refractivity contribution in [3.05, 3.63) is 54.0 Å². The minimum absolute atomic E-state index is 0. The average Bonchev–Trinajstić information content (AvgIpc) is 3.12. The maximum Gasteiger partial charge on any atom is 0.180 e. The van der Waals surface area contributed by atoms with E-state index in [-0.39, 0.29) is 12.4 Å². The van der Waals surface area contributed by atoms with Crippen molar-refractivity contribution < 1.29 is 0 Å². The van der Waals surface area contributed by atoms with Crippen molar-refractivity contribution in [2.45, 2.75) is 49.4 Å². The summed E-state index contributed by atoms with van der Waals surface area (Å²) in [6.07, 6.45) is 6.61. The number of fused-ring (bicyclic) bond motifs is 1. The molecule has 7 heteroatoms. The van der Waals surface area contributed by atoms with Crippen LogP contribution >= 0.6 is 24.2 Å². The minimum Gasteiger partial charge on any atom is -0.363 e. The SMILES string of the molecule is CC(C)c1cnc2c(NCc3ccccc3)nc(SC3CCCNC3)cn12.Cl. The average molecular weight is 418 g/mol. The number of piperidine rings is 1. The van der Waals surface area contributed by atoms with Gasteiger partial charge in [0.25, 0.3) is 0 Å². The molecule has 150 valence electrons. The molecule has 3 aromatic rings. The molecule has 1 aliphatic rings. The quantitative estimate of drug-likeness (QED) is 0.607. The number of halogens is 1. The van der Waals surface area contributed by atoms with E-state index in [9.17, 15) is 0 Å². The fourth-order valence-corrected chi connectivity index (χ4v) is 4.60. The molecule has 1 unspecified atom stereocenters. The maximum atomic E-state index is 4.92. The second-order valence-electron chi connectivity index (χ2n) is 7.38. The summed E-state index contributed by atoms with van der Waals surface area (Å²) in [6, 6.07) is 10.4. The van der Waals surface area contributed by atoms with Crippen molar-refractivity contribution in [2.75, 3.05) is 18.4 Å². The van der Waals surface area contributed by atoms with Crippen LogP contribution in [0.3, 0.4) is 0 Å². The summed E-state index contributed by atoms with van der Waals surface area (Å²) in [5.41, 5.74) is 3.36. The molecule has 1 aliphatic heterocycles. The third kappa shape index (κ3) is 4.80. The Morgan fingerprint density at radius 1 is 1.29 bits per heavy atom. The van der Waals surface area contributed by atoms with Crippen LogP contribution in [-0.2, 0) is 6.54 Å². The molecule has 0 aliphatic carbocycles. The molecule has 0 bridgehead atoms. The van der Waals surface area contributed by atoms with Crippen molar-refractivity contribution >= 4 is 35.6 Å². The molecule has 1 atom stereocenters. The van der Waals surface area contributed by atoms with Crippen molar-refractivity contribution in [1.82, 2.24) is 19.7 Å². The number of rotatable bonds is 6. The molecular formula is C21H28ClN5S. The van der Waals surface area contributed by atoms with Gasteiger partial charge in [0.1, 0.15) is 5.03 Å². The highest BCUT2D eigenvalue weighted by atomic mass is 35.5. The van der Waals surface area contributed by atoms with Crippen LogP contribution in [0.25, 0.3) is 5.65 Å². The van der Waals surface area contributed by atoms with Crippen LogP contribution in [-0.4, -0.2) is 32.7 Å². The Morgan fingerprint density at radius 2 is 2.11 bits per heavy atom. The lowest BCUT2D eigenvalue weighted by atomic mass is 10.1. The number of nitrogens with one attached hydrogen (secondary N) is 2. The van der Waals surface area contributed by atoms with Crippen LogP contribution < -0.4 is 10.6 Å². The van der Waals surface area contributed by atoms with E-state index in [4.69, 9.17) is 4.98 Å². The molecule has 0 spiro atoms. The Morgan fingerprint density at radius 3 is 2.82 bits per heavy atom. The molecule has 2 N–H and O–H groups in total. The van der Waals surface area contributed by atoms with Gasteiger partial charge in [-0.15, -0.1) is 24.2 Å². The monoisotopic (exact) mass is 417 g/mol. The summed E-state index contributed by atoms with van der Waals surface area (Å²) < 4.78 is 2.21. The van der Waals surface area contributed by atoms with Gasteiger partial charge in [-0.25, -0.2) is 9.97 Å². The van der Waals surface area contributed by atoms with E-state index in [1.54, 1.807) is 0 Å². The number of aromatic nitrogens is 3. The van der Waals surface area contributed by atoms with Crippen molar-refractivity contribution in [2.24, 2.45) is 0 Å². The maximum absolute atomic E-state index is 4.92. The highest BCUT2D eigenvalue weighted by Gasteiger charge is 2.18. The summed E-state index contributed by atoms with van der Waals surface area (Å²) >= 11 is 1.88. The summed E-state index contributed by atoms with van der Waals surface area (Å²) in [5.74, 6) is 1.28. The van der Waals surface area contributed by atoms with E-state index in [0.29, 0.717) is 11.2 Å². The zero-order valence-corrected chi connectivity index (χ0v) is 18.0. The van der Waals surface area contributed by atoms with Crippen LogP contribution in [0, 0.1) is 0 Å². The zero-order valence-electron chi connectivity index (χ0n) is 16.4. The number of thioether (sulfide) groups is 1. The molecule has 0 amide bonds. The normalized spacial score (nSPS) is 16.9. The smallest absolute Gasteiger partial charge is 0.180 e. The molecule has 5 nitrogen and oxygen atoms in total. The van der Waals surface area contributed by atoms with Gasteiger partial charge in [-0.05, 0) is 30.9 Å². The van der Waals surface area contributed by atoms with Gasteiger partial charge in [-0.1, -0.05) is 44.2 Å². The van der Waals surface area contributed by atoms with E-state index in [0.717, 1.165) is 36.1 Å². The second kappa shape index (κ2) is 9.63. The van der Waals surface area contributed by atoms with E-state index in [1.165, 1.54) is 24.1 Å². The Hall–Kier alpha value is -1.76. The fraction of sp³-hybridized carbons (Fsp3) is 0.429. The molecule has 3 heterocycles. The van der Waals surface area contributed by atoms with Crippen LogP contribution in [0.15, 0.2) is 47.8 Å². The van der Waals surface area contributed by atoms with Gasteiger partial charge in [-0.2, -0.15) is 0 Å². The number of nitrogens with zero attached hydrogens (tertiary/aromatic N) is 3. The third-order valence-electron chi connectivity index (χ3n) is 4.93. The summed E-state index contributed by atoms with van der Waals surface area (Å²) in [4.78, 5) is 9.58. The minimum atomic E-state index is 0. The molecule has 1 aromatic carbocycles. The molecule has 1 saturated heterocycles. The number of hydrogen-bond acceptors (Lipinski definition) is 5. The highest BCUT2D eigenvalue weighted by molar-refractivity contribution is 7.99. The van der Waals surface area contributed by atoms with Gasteiger partial charge >= 0.3 is 0 Å². The zero-order chi connectivity index (χ0) is 18.6. The lowest BCUT2D eigenvalue weighted by Gasteiger charge is -2.22. The van der Waals surface area contributed by atoms with Gasteiger partial charge in [0.05, 0.1) is 0 Å². The standard InChI is InChI=1S/C21H27N5S.ClH/c1-15(2)18-13-24-21-20(23-11-16-7-4-3-5-8-16)25-19(14-26(18)21)27-17-9-6-10-22-12-17;/h3-5,7-8,13-15,17,22H,6,9-12H2,1-2H3,(H,23,25);1H. The van der Waals surface area contributed by atoms with Crippen molar-refractivity contribution in [3.63, 3.8) is 0 Å². The lowest BCUT2D eigenvalue weighted by Crippen LogP contribution is -2.31. The van der Waals surface area contributed by atoms with Gasteiger partial charge in [-0.3, -0.25) is 4.40 Å². The van der Waals surface area contributed by atoms with Crippen LogP contribution in [0.5, 0.6) is 0 Å². The van der Waals surface area contributed by atoms with Crippen molar-refractivity contribution in [1.29, 1.82) is 0 Å². The molecule has 0 saturated carbocycles. The second-order valence-corrected chi connectivity index (χ2v) is 8.71. The van der Waals surface area contributed by atoms with Gasteiger partial charge in [0.2, 0.25) is 0 Å². The first-order valence-electron chi connectivity index (χ1n) is 9.74. The van der Waals surface area contributed by atoms with Gasteiger partial charge in [0.15, 0.2) is 11.5 Å². The largest absolute Gasteiger partial charge is 0.363 e. The molecule has 0 radical (unpaired) electrons. The Bertz CT molecular complexity index is 890. The van der Waals surface area contributed by atoms with Gasteiger partial charge in [0, 0.05) is 36.4 Å². The third-order valence-corrected chi connectivity index (χ3v) is 6.11. The number of benzene rings is 1. The van der Waals surface area contributed by atoms with Crippen molar-refractivity contribution in [3.8, 4) is 0 Å². The van der Waals surface area contributed by atoms with E-state index in [2.05, 4.69) is 64.3 Å². The molecule has 28 heavy (non-hydrogen) atoms. The number of anilines is 1. The molecule has 2 aromatic heterocycles. The molecule has 1 fully saturated rings. The van der Waals surface area contributed by atoms with Gasteiger partial charge < -0.3 is 10.6 Å². The Labute approximate surface area is 177 Å². The first-order valence-corrected chi connectivity index (χ1v) is 10.6. The first-order chi connectivity index (χ1) is 13.2. The number of imidazole rings is 1. The predicted molar refractivity (Wildman–Crippen MR) is 120 cm³/mol. The lowest BCUT2D eigenvalue weighted by molar-refractivity contribution is 0.531. The topological polar surface area (TPSA) is 54.2 Å². The molecular weight excluding hydrogens is 390 g/mol. The summed E-state index contributed by atoms with van der Waals surface area (Å²) in [5, 5.41) is 8.65. The van der Waals surface area contributed by atoms with Crippen LogP contribution in [0.4, 0.5) is 5.82 Å². The number of hydrogen-bond donors (Lipinski definition) is 2. The summed E-state index contributed by atoms with van der Waals surface area (Å²) in [6.45, 7) is 7.34. The first kappa shape index (κ1) is 21.0. The Kier molecular flexibility index (Phi) is 7.21.